The Balaban J connectivity index is 1.52. The van der Waals surface area contributed by atoms with Gasteiger partial charge in [-0.05, 0) is 48.7 Å². The van der Waals surface area contributed by atoms with Crippen LogP contribution in [0.15, 0.2) is 36.4 Å². The summed E-state index contributed by atoms with van der Waals surface area (Å²) >= 11 is 0. The number of hydrogen-bond donors (Lipinski definition) is 0. The number of rotatable bonds is 5. The average molecular weight is 409 g/mol. The molecular weight excluding hydrogens is 386 g/mol. The summed E-state index contributed by atoms with van der Waals surface area (Å²) < 4.78 is 10.7. The minimum atomic E-state index is -0.826. The Morgan fingerprint density at radius 2 is 1.53 bits per heavy atom. The van der Waals surface area contributed by atoms with Gasteiger partial charge in [-0.25, -0.2) is 14.6 Å². The molecule has 0 N–H and O–H groups in total. The van der Waals surface area contributed by atoms with E-state index in [2.05, 4.69) is 0 Å². The molecule has 0 atom stereocenters. The maximum absolute atomic E-state index is 12.9. The van der Waals surface area contributed by atoms with Crippen molar-refractivity contribution >= 4 is 23.5 Å². The van der Waals surface area contributed by atoms with Crippen LogP contribution in [0.1, 0.15) is 16.7 Å². The number of imide groups is 2. The second kappa shape index (κ2) is 7.79. The van der Waals surface area contributed by atoms with Crippen LogP contribution in [0.4, 0.5) is 10.5 Å². The summed E-state index contributed by atoms with van der Waals surface area (Å²) in [5.41, 5.74) is 3.58. The molecule has 2 aliphatic rings. The fourth-order valence-corrected chi connectivity index (χ4v) is 3.81. The summed E-state index contributed by atoms with van der Waals surface area (Å²) in [5.74, 6) is -0.326. The molecule has 1 fully saturated rings. The van der Waals surface area contributed by atoms with Crippen LogP contribution in [0.25, 0.3) is 0 Å². The Morgan fingerprint density at radius 1 is 0.900 bits per heavy atom. The molecule has 30 heavy (non-hydrogen) atoms. The van der Waals surface area contributed by atoms with Gasteiger partial charge in [-0.2, -0.15) is 0 Å². The number of amides is 4. The first-order valence-corrected chi connectivity index (χ1v) is 9.65. The summed E-state index contributed by atoms with van der Waals surface area (Å²) in [7, 11) is 3.18. The molecule has 156 valence electrons. The number of carbonyl (C=O) groups excluding carboxylic acids is 3. The van der Waals surface area contributed by atoms with Gasteiger partial charge in [0.05, 0.1) is 26.6 Å². The lowest BCUT2D eigenvalue weighted by atomic mass is 9.99. The number of urea groups is 1. The van der Waals surface area contributed by atoms with Gasteiger partial charge < -0.3 is 9.47 Å². The van der Waals surface area contributed by atoms with E-state index >= 15 is 0 Å². The van der Waals surface area contributed by atoms with E-state index in [0.717, 1.165) is 32.9 Å². The summed E-state index contributed by atoms with van der Waals surface area (Å²) in [5, 5.41) is 0. The lowest BCUT2D eigenvalue weighted by Gasteiger charge is -2.31. The van der Waals surface area contributed by atoms with Gasteiger partial charge in [-0.1, -0.05) is 17.7 Å². The fraction of sp³-hybridized carbons (Fsp3) is 0.318. The highest BCUT2D eigenvalue weighted by molar-refractivity contribution is 6.52. The molecule has 0 bridgehead atoms. The SMILES string of the molecule is COc1cc2c(cc1OC)CN(CN1C(=O)C(=O)N(c3ccc(C)cc3)C1=O)CC2. The number of nitrogens with zero attached hydrogens (tertiary/aromatic N) is 3. The molecule has 0 spiro atoms. The van der Waals surface area contributed by atoms with Crippen molar-refractivity contribution in [2.24, 2.45) is 0 Å². The van der Waals surface area contributed by atoms with Gasteiger partial charge in [-0.3, -0.25) is 14.5 Å². The first-order chi connectivity index (χ1) is 14.4. The quantitative estimate of drug-likeness (QED) is 0.557. The predicted octanol–water partition coefficient (Wildman–Crippen LogP) is 2.32. The zero-order valence-corrected chi connectivity index (χ0v) is 17.2. The first kappa shape index (κ1) is 19.9. The summed E-state index contributed by atoms with van der Waals surface area (Å²) in [6, 6.07) is 10.2. The van der Waals surface area contributed by atoms with Gasteiger partial charge in [-0.15, -0.1) is 0 Å². The Labute approximate surface area is 174 Å². The first-order valence-electron chi connectivity index (χ1n) is 9.65. The third kappa shape index (κ3) is 3.39. The van der Waals surface area contributed by atoms with Crippen LogP contribution >= 0.6 is 0 Å². The van der Waals surface area contributed by atoms with Crippen molar-refractivity contribution in [1.29, 1.82) is 0 Å². The van der Waals surface area contributed by atoms with E-state index < -0.39 is 17.8 Å². The zero-order valence-electron chi connectivity index (χ0n) is 17.2. The number of benzene rings is 2. The monoisotopic (exact) mass is 409 g/mol. The van der Waals surface area contributed by atoms with Crippen molar-refractivity contribution in [2.45, 2.75) is 19.9 Å². The minimum Gasteiger partial charge on any atom is -0.493 e. The fourth-order valence-electron chi connectivity index (χ4n) is 3.81. The Bertz CT molecular complexity index is 1020. The van der Waals surface area contributed by atoms with E-state index in [4.69, 9.17) is 9.47 Å². The van der Waals surface area contributed by atoms with Gasteiger partial charge in [0.25, 0.3) is 0 Å². The van der Waals surface area contributed by atoms with E-state index in [1.54, 1.807) is 38.5 Å². The standard InChI is InChI=1S/C22H23N3O5/c1-14-4-6-17(7-5-14)25-21(27)20(26)24(22(25)28)13-23-9-8-15-10-18(29-2)19(30-3)11-16(15)12-23/h4-7,10-11H,8-9,12-13H2,1-3H3. The highest BCUT2D eigenvalue weighted by Crippen LogP contribution is 2.33. The number of anilines is 1. The van der Waals surface area contributed by atoms with Crippen molar-refractivity contribution in [1.82, 2.24) is 9.80 Å². The summed E-state index contributed by atoms with van der Waals surface area (Å²) in [4.78, 5) is 41.8. The van der Waals surface area contributed by atoms with E-state index in [1.165, 1.54) is 0 Å². The minimum absolute atomic E-state index is 0.0551. The molecule has 8 nitrogen and oxygen atoms in total. The number of ether oxygens (including phenoxy) is 2. The van der Waals surface area contributed by atoms with Crippen LogP contribution < -0.4 is 14.4 Å². The van der Waals surface area contributed by atoms with Crippen LogP contribution in [0, 0.1) is 6.92 Å². The summed E-state index contributed by atoms with van der Waals surface area (Å²) in [6.45, 7) is 3.15. The number of carbonyl (C=O) groups is 3. The Hall–Kier alpha value is -3.39. The van der Waals surface area contributed by atoms with E-state index in [1.807, 2.05) is 24.0 Å². The van der Waals surface area contributed by atoms with E-state index in [9.17, 15) is 14.4 Å². The van der Waals surface area contributed by atoms with Crippen molar-refractivity contribution in [3.05, 3.63) is 53.1 Å². The molecule has 2 aliphatic heterocycles. The van der Waals surface area contributed by atoms with Crippen molar-refractivity contribution < 1.29 is 23.9 Å². The second-order valence-corrected chi connectivity index (χ2v) is 7.41. The predicted molar refractivity (Wildman–Crippen MR) is 109 cm³/mol. The topological polar surface area (TPSA) is 79.4 Å². The molecule has 4 amide bonds. The van der Waals surface area contributed by atoms with Crippen molar-refractivity contribution in [3.63, 3.8) is 0 Å². The lowest BCUT2D eigenvalue weighted by molar-refractivity contribution is -0.140. The van der Waals surface area contributed by atoms with Gasteiger partial charge in [0.15, 0.2) is 11.5 Å². The molecule has 0 unspecified atom stereocenters. The molecule has 2 heterocycles. The maximum atomic E-state index is 12.9. The number of hydrogen-bond acceptors (Lipinski definition) is 6. The number of aryl methyl sites for hydroxylation is 1. The summed E-state index contributed by atoms with van der Waals surface area (Å²) in [6.07, 6.45) is 0.738. The third-order valence-electron chi connectivity index (χ3n) is 5.48. The van der Waals surface area contributed by atoms with Crippen LogP contribution in [0.3, 0.4) is 0 Å². The van der Waals surface area contributed by atoms with Crippen LogP contribution in [-0.4, -0.2) is 55.1 Å². The third-order valence-corrected chi connectivity index (χ3v) is 5.48. The number of methoxy groups -OCH3 is 2. The maximum Gasteiger partial charge on any atom is 0.340 e. The van der Waals surface area contributed by atoms with Crippen LogP contribution in [0.5, 0.6) is 11.5 Å². The number of fused-ring (bicyclic) bond motifs is 1. The molecule has 2 aromatic rings. The van der Waals surface area contributed by atoms with Gasteiger partial charge in [0, 0.05) is 13.1 Å². The normalized spacial score (nSPS) is 16.8. The Morgan fingerprint density at radius 3 is 2.17 bits per heavy atom. The second-order valence-electron chi connectivity index (χ2n) is 7.41. The molecular formula is C22H23N3O5. The smallest absolute Gasteiger partial charge is 0.340 e. The molecule has 4 rings (SSSR count). The molecule has 0 radical (unpaired) electrons. The molecule has 8 heteroatoms. The van der Waals surface area contributed by atoms with Gasteiger partial charge in [0.2, 0.25) is 0 Å². The highest BCUT2D eigenvalue weighted by Gasteiger charge is 2.46. The molecule has 1 saturated heterocycles. The highest BCUT2D eigenvalue weighted by atomic mass is 16.5. The van der Waals surface area contributed by atoms with Crippen molar-refractivity contribution in [3.8, 4) is 11.5 Å². The molecule has 0 aromatic heterocycles. The van der Waals surface area contributed by atoms with Crippen molar-refractivity contribution in [2.75, 3.05) is 32.3 Å². The van der Waals surface area contributed by atoms with Gasteiger partial charge >= 0.3 is 17.8 Å². The lowest BCUT2D eigenvalue weighted by Crippen LogP contribution is -2.44. The van der Waals surface area contributed by atoms with Crippen LogP contribution in [-0.2, 0) is 22.6 Å². The van der Waals surface area contributed by atoms with Gasteiger partial charge in [0.1, 0.15) is 0 Å². The molecule has 0 saturated carbocycles. The van der Waals surface area contributed by atoms with E-state index in [-0.39, 0.29) is 6.67 Å². The molecule has 2 aromatic carbocycles. The largest absolute Gasteiger partial charge is 0.493 e. The average Bonchev–Trinajstić information content (AvgIpc) is 2.96. The zero-order chi connectivity index (χ0) is 21.4. The Kier molecular flexibility index (Phi) is 5.17. The van der Waals surface area contributed by atoms with Crippen LogP contribution in [0.2, 0.25) is 0 Å². The molecule has 0 aliphatic carbocycles. The van der Waals surface area contributed by atoms with E-state index in [0.29, 0.717) is 30.3 Å².